The Morgan fingerprint density at radius 1 is 1.00 bits per heavy atom. The van der Waals surface area contributed by atoms with Gasteiger partial charge in [-0.3, -0.25) is 14.6 Å². The molecule has 11 heteroatoms. The molecular weight excluding hydrogens is 558 g/mol. The molecule has 4 aromatic rings. The highest BCUT2D eigenvalue weighted by Crippen LogP contribution is 2.41. The third kappa shape index (κ3) is 6.08. The summed E-state index contributed by atoms with van der Waals surface area (Å²) < 4.78 is 16.4. The molecule has 1 aliphatic rings. The summed E-state index contributed by atoms with van der Waals surface area (Å²) in [6.45, 7) is 0.817. The molecule has 0 saturated carbocycles. The number of aromatic hydroxyl groups is 1. The summed E-state index contributed by atoms with van der Waals surface area (Å²) in [5.74, 6) is 8.10. The van der Waals surface area contributed by atoms with Gasteiger partial charge in [0.15, 0.2) is 0 Å². The summed E-state index contributed by atoms with van der Waals surface area (Å²) in [4.78, 5) is 33.5. The van der Waals surface area contributed by atoms with E-state index in [4.69, 9.17) is 24.9 Å². The minimum Gasteiger partial charge on any atom is -0.507 e. The van der Waals surface area contributed by atoms with Gasteiger partial charge >= 0.3 is 12.2 Å². The number of hydrogen-bond donors (Lipinski definition) is 2. The van der Waals surface area contributed by atoms with E-state index in [-0.39, 0.29) is 18.4 Å². The maximum atomic E-state index is 13.1. The Bertz CT molecular complexity index is 1580. The molecule has 218 valence electrons. The number of methoxy groups -OCH3 is 1. The molecule has 4 aromatic carbocycles. The molecule has 0 radical (unpaired) electrons. The van der Waals surface area contributed by atoms with E-state index in [9.17, 15) is 14.7 Å². The fourth-order valence-corrected chi connectivity index (χ4v) is 5.69. The van der Waals surface area contributed by atoms with Crippen LogP contribution in [0.1, 0.15) is 22.8 Å². The predicted molar refractivity (Wildman–Crippen MR) is 161 cm³/mol. The number of para-hydroxylation sites is 1. The first-order valence-electron chi connectivity index (χ1n) is 13.2. The smallest absolute Gasteiger partial charge is 0.419 e. The van der Waals surface area contributed by atoms with E-state index in [0.29, 0.717) is 51.5 Å². The fourth-order valence-electron chi connectivity index (χ4n) is 4.76. The van der Waals surface area contributed by atoms with Gasteiger partial charge in [-0.25, -0.2) is 15.5 Å². The van der Waals surface area contributed by atoms with Crippen LogP contribution in [0.5, 0.6) is 17.2 Å². The number of phenolic OH excluding ortho intramolecular Hbond substituents is 1. The number of nitrogens with two attached hydrogens (primary N) is 1. The van der Waals surface area contributed by atoms with E-state index < -0.39 is 12.2 Å². The molecule has 0 aromatic heterocycles. The Morgan fingerprint density at radius 2 is 1.79 bits per heavy atom. The van der Waals surface area contributed by atoms with Gasteiger partial charge in [-0.1, -0.05) is 54.6 Å². The Balaban J connectivity index is 1.31. The lowest BCUT2D eigenvalue weighted by atomic mass is 9.96. The molecule has 1 unspecified atom stereocenters. The van der Waals surface area contributed by atoms with Gasteiger partial charge in [0, 0.05) is 41.2 Å². The Hall–Kier alpha value is -4.45. The van der Waals surface area contributed by atoms with Gasteiger partial charge in [0.2, 0.25) is 0 Å². The second-order valence-corrected chi connectivity index (χ2v) is 10.6. The molecule has 10 nitrogen and oxygen atoms in total. The number of benzene rings is 4. The average molecular weight is 590 g/mol. The van der Waals surface area contributed by atoms with E-state index in [2.05, 4.69) is 0 Å². The first-order chi connectivity index (χ1) is 20.4. The predicted octanol–water partition coefficient (Wildman–Crippen LogP) is 5.81. The van der Waals surface area contributed by atoms with Crippen molar-refractivity contribution in [1.29, 1.82) is 0 Å². The standard InChI is InChI=1S/C31H31N3O7S/c1-33(30(36)40-21-12-10-20(11-13-21)18-39-31(37)34-16-17-42-19-34)26-8-5-7-23-22(26)14-15-25(28(23)35)29(41-32)24-6-3-4-9-27(24)38-2/h3-15,29,35H,16-19,32H2,1-2H3. The monoisotopic (exact) mass is 589 g/mol. The number of ether oxygens (including phenoxy) is 3. The van der Waals surface area contributed by atoms with E-state index in [1.54, 1.807) is 91.5 Å². The summed E-state index contributed by atoms with van der Waals surface area (Å²) in [7, 11) is 3.14. The number of anilines is 1. The number of carbonyl (C=O) groups excluding carboxylic acids is 2. The average Bonchev–Trinajstić information content (AvgIpc) is 3.57. The summed E-state index contributed by atoms with van der Waals surface area (Å²) >= 11 is 1.69. The third-order valence-electron chi connectivity index (χ3n) is 7.02. The van der Waals surface area contributed by atoms with Crippen LogP contribution in [-0.2, 0) is 16.2 Å². The van der Waals surface area contributed by atoms with E-state index in [1.807, 2.05) is 18.2 Å². The lowest BCUT2D eigenvalue weighted by Crippen LogP contribution is -2.29. The molecule has 1 aliphatic heterocycles. The summed E-state index contributed by atoms with van der Waals surface area (Å²) in [5.41, 5.74) is 2.41. The van der Waals surface area contributed by atoms with Crippen molar-refractivity contribution in [2.75, 3.05) is 37.2 Å². The number of rotatable bonds is 8. The zero-order chi connectivity index (χ0) is 29.6. The van der Waals surface area contributed by atoms with Gasteiger partial charge < -0.3 is 19.3 Å². The van der Waals surface area contributed by atoms with Crippen LogP contribution in [0.3, 0.4) is 0 Å². The molecule has 1 fully saturated rings. The zero-order valence-electron chi connectivity index (χ0n) is 23.2. The number of fused-ring (bicyclic) bond motifs is 1. The molecular formula is C31H31N3O7S. The summed E-state index contributed by atoms with van der Waals surface area (Å²) in [5, 5.41) is 12.4. The van der Waals surface area contributed by atoms with Gasteiger partial charge in [-0.15, -0.1) is 11.8 Å². The lowest BCUT2D eigenvalue weighted by Gasteiger charge is -2.22. The summed E-state index contributed by atoms with van der Waals surface area (Å²) in [6.07, 6.45) is -1.74. The molecule has 1 atom stereocenters. The Labute approximate surface area is 247 Å². The highest BCUT2D eigenvalue weighted by Gasteiger charge is 2.25. The number of phenols is 1. The van der Waals surface area contributed by atoms with Crippen molar-refractivity contribution in [3.8, 4) is 17.2 Å². The van der Waals surface area contributed by atoms with Crippen molar-refractivity contribution < 1.29 is 33.7 Å². The number of nitrogens with zero attached hydrogens (tertiary/aromatic N) is 2. The molecule has 42 heavy (non-hydrogen) atoms. The highest BCUT2D eigenvalue weighted by molar-refractivity contribution is 7.99. The van der Waals surface area contributed by atoms with Crippen LogP contribution in [0, 0.1) is 0 Å². The van der Waals surface area contributed by atoms with Crippen molar-refractivity contribution in [1.82, 2.24) is 4.90 Å². The molecule has 3 N–H and O–H groups in total. The zero-order valence-corrected chi connectivity index (χ0v) is 24.0. The molecule has 2 amide bonds. The van der Waals surface area contributed by atoms with Crippen molar-refractivity contribution in [3.05, 3.63) is 95.6 Å². The van der Waals surface area contributed by atoms with Crippen LogP contribution in [-0.4, -0.2) is 54.5 Å². The molecule has 0 aliphatic carbocycles. The van der Waals surface area contributed by atoms with Gasteiger partial charge in [-0.2, -0.15) is 0 Å². The van der Waals surface area contributed by atoms with Gasteiger partial charge in [0.05, 0.1) is 18.7 Å². The third-order valence-corrected chi connectivity index (χ3v) is 7.98. The van der Waals surface area contributed by atoms with Crippen molar-refractivity contribution in [2.45, 2.75) is 12.7 Å². The Kier molecular flexibility index (Phi) is 9.01. The SMILES string of the molecule is COc1ccccc1C(ON)c1ccc2c(N(C)C(=O)Oc3ccc(COC(=O)N4CCSC4)cc3)cccc2c1O. The van der Waals surface area contributed by atoms with Crippen LogP contribution in [0.2, 0.25) is 0 Å². The lowest BCUT2D eigenvalue weighted by molar-refractivity contribution is 0.0779. The van der Waals surface area contributed by atoms with Crippen LogP contribution in [0.15, 0.2) is 78.9 Å². The highest BCUT2D eigenvalue weighted by atomic mass is 32.2. The van der Waals surface area contributed by atoms with Crippen LogP contribution < -0.4 is 20.3 Å². The van der Waals surface area contributed by atoms with Gasteiger partial charge in [0.1, 0.15) is 30.0 Å². The summed E-state index contributed by atoms with van der Waals surface area (Å²) in [6, 6.07) is 22.8. The second kappa shape index (κ2) is 13.0. The van der Waals surface area contributed by atoms with E-state index >= 15 is 0 Å². The number of hydrogen-bond acceptors (Lipinski definition) is 9. The van der Waals surface area contributed by atoms with Crippen molar-refractivity contribution in [2.24, 2.45) is 5.90 Å². The topological polar surface area (TPSA) is 124 Å². The largest absolute Gasteiger partial charge is 0.507 e. The molecule has 5 rings (SSSR count). The molecule has 0 bridgehead atoms. The first-order valence-corrected chi connectivity index (χ1v) is 14.3. The van der Waals surface area contributed by atoms with Gasteiger partial charge in [0.25, 0.3) is 0 Å². The molecule has 0 spiro atoms. The van der Waals surface area contributed by atoms with E-state index in [1.165, 1.54) is 4.90 Å². The maximum Gasteiger partial charge on any atom is 0.419 e. The number of carbonyl (C=O) groups is 2. The number of amides is 2. The number of thioether (sulfide) groups is 1. The minimum absolute atomic E-state index is 0.0303. The van der Waals surface area contributed by atoms with Gasteiger partial charge in [-0.05, 0) is 29.8 Å². The van der Waals surface area contributed by atoms with Crippen LogP contribution in [0.4, 0.5) is 15.3 Å². The van der Waals surface area contributed by atoms with Crippen molar-refractivity contribution >= 4 is 40.4 Å². The normalized spacial score (nSPS) is 13.5. The molecule has 1 saturated heterocycles. The maximum absolute atomic E-state index is 13.1. The van der Waals surface area contributed by atoms with Crippen LogP contribution >= 0.6 is 11.8 Å². The van der Waals surface area contributed by atoms with Crippen molar-refractivity contribution in [3.63, 3.8) is 0 Å². The van der Waals surface area contributed by atoms with E-state index in [0.717, 1.165) is 11.3 Å². The fraction of sp³-hybridized carbons (Fsp3) is 0.226. The molecule has 1 heterocycles. The first kappa shape index (κ1) is 29.1. The Morgan fingerprint density at radius 3 is 2.50 bits per heavy atom. The quantitative estimate of drug-likeness (QED) is 0.245. The van der Waals surface area contributed by atoms with Crippen LogP contribution in [0.25, 0.3) is 10.8 Å². The minimum atomic E-state index is -0.789. The second-order valence-electron chi connectivity index (χ2n) is 9.56.